The van der Waals surface area contributed by atoms with E-state index in [2.05, 4.69) is 26.6 Å². The Labute approximate surface area is 116 Å². The van der Waals surface area contributed by atoms with E-state index >= 15 is 0 Å². The fourth-order valence-electron chi connectivity index (χ4n) is 1.32. The average Bonchev–Trinajstić information content (AvgIpc) is 2.27. The van der Waals surface area contributed by atoms with Crippen molar-refractivity contribution >= 4 is 27.6 Å². The number of nitrogens with one attached hydrogen (secondary N) is 2. The Balaban J connectivity index is 2.51. The molecule has 0 atom stereocenters. The molecule has 0 spiro atoms. The Morgan fingerprint density at radius 3 is 2.72 bits per heavy atom. The van der Waals surface area contributed by atoms with Gasteiger partial charge in [0.25, 0.3) is 0 Å². The summed E-state index contributed by atoms with van der Waals surface area (Å²) in [5.74, 6) is 0.688. The first-order chi connectivity index (χ1) is 8.51. The number of amides is 2. The van der Waals surface area contributed by atoms with E-state index in [-0.39, 0.29) is 6.03 Å². The summed E-state index contributed by atoms with van der Waals surface area (Å²) in [6.07, 6.45) is 0. The Bertz CT molecular complexity index is 410. The van der Waals surface area contributed by atoms with Gasteiger partial charge in [-0.25, -0.2) is 4.79 Å². The van der Waals surface area contributed by atoms with Gasteiger partial charge in [-0.15, -0.1) is 0 Å². The molecule has 0 fully saturated rings. The molecule has 5 nitrogen and oxygen atoms in total. The highest BCUT2D eigenvalue weighted by molar-refractivity contribution is 9.10. The van der Waals surface area contributed by atoms with Gasteiger partial charge in [0.2, 0.25) is 0 Å². The van der Waals surface area contributed by atoms with Crippen molar-refractivity contribution in [2.24, 2.45) is 0 Å². The monoisotopic (exact) mass is 315 g/mol. The largest absolute Gasteiger partial charge is 0.497 e. The number of anilines is 1. The number of nitrogens with zero attached hydrogens (tertiary/aromatic N) is 1. The van der Waals surface area contributed by atoms with E-state index in [4.69, 9.17) is 4.74 Å². The van der Waals surface area contributed by atoms with Crippen molar-refractivity contribution in [3.05, 3.63) is 22.7 Å². The molecule has 0 bridgehead atoms. The van der Waals surface area contributed by atoms with E-state index in [9.17, 15) is 4.79 Å². The van der Waals surface area contributed by atoms with E-state index in [1.807, 2.05) is 31.1 Å². The molecule has 0 aliphatic carbocycles. The van der Waals surface area contributed by atoms with Gasteiger partial charge < -0.3 is 20.3 Å². The number of carbonyl (C=O) groups excluding carboxylic acids is 1. The Morgan fingerprint density at radius 1 is 1.39 bits per heavy atom. The first-order valence-corrected chi connectivity index (χ1v) is 6.34. The van der Waals surface area contributed by atoms with E-state index in [1.165, 1.54) is 0 Å². The molecule has 0 saturated carbocycles. The maximum atomic E-state index is 11.6. The number of likely N-dealkylation sites (N-methyl/N-ethyl adjacent to an activating group) is 1. The van der Waals surface area contributed by atoms with Crippen LogP contribution in [0.15, 0.2) is 22.7 Å². The van der Waals surface area contributed by atoms with Gasteiger partial charge >= 0.3 is 6.03 Å². The third-order valence-electron chi connectivity index (χ3n) is 2.21. The summed E-state index contributed by atoms with van der Waals surface area (Å²) in [6.45, 7) is 1.40. The van der Waals surface area contributed by atoms with Crippen LogP contribution in [0.5, 0.6) is 5.75 Å². The fourth-order valence-corrected chi connectivity index (χ4v) is 1.79. The lowest BCUT2D eigenvalue weighted by Crippen LogP contribution is -2.34. The van der Waals surface area contributed by atoms with Crippen molar-refractivity contribution in [1.29, 1.82) is 0 Å². The molecule has 18 heavy (non-hydrogen) atoms. The van der Waals surface area contributed by atoms with Crippen LogP contribution >= 0.6 is 15.9 Å². The molecule has 1 aromatic carbocycles. The molecule has 0 radical (unpaired) electrons. The SMILES string of the molecule is COc1cc(Br)cc(NC(=O)NCCN(C)C)c1. The number of halogens is 1. The number of ether oxygens (including phenoxy) is 1. The number of rotatable bonds is 5. The molecular weight excluding hydrogens is 298 g/mol. The smallest absolute Gasteiger partial charge is 0.319 e. The fraction of sp³-hybridized carbons (Fsp3) is 0.417. The maximum Gasteiger partial charge on any atom is 0.319 e. The van der Waals surface area contributed by atoms with E-state index in [0.717, 1.165) is 11.0 Å². The Kier molecular flexibility index (Phi) is 5.94. The normalized spacial score (nSPS) is 10.3. The lowest BCUT2D eigenvalue weighted by Gasteiger charge is -2.12. The van der Waals surface area contributed by atoms with Gasteiger partial charge in [0.15, 0.2) is 0 Å². The highest BCUT2D eigenvalue weighted by Gasteiger charge is 2.04. The van der Waals surface area contributed by atoms with Crippen LogP contribution in [0, 0.1) is 0 Å². The molecule has 0 aliphatic heterocycles. The number of hydrogen-bond donors (Lipinski definition) is 2. The Morgan fingerprint density at radius 2 is 2.11 bits per heavy atom. The van der Waals surface area contributed by atoms with Crippen molar-refractivity contribution < 1.29 is 9.53 Å². The predicted molar refractivity (Wildman–Crippen MR) is 76.3 cm³/mol. The van der Waals surface area contributed by atoms with Crippen LogP contribution in [0.1, 0.15) is 0 Å². The van der Waals surface area contributed by atoms with Crippen molar-refractivity contribution in [1.82, 2.24) is 10.2 Å². The van der Waals surface area contributed by atoms with Gasteiger partial charge in [-0.3, -0.25) is 0 Å². The zero-order valence-electron chi connectivity index (χ0n) is 10.8. The van der Waals surface area contributed by atoms with Gasteiger partial charge in [0.1, 0.15) is 5.75 Å². The molecule has 0 saturated heterocycles. The third-order valence-corrected chi connectivity index (χ3v) is 2.67. The highest BCUT2D eigenvalue weighted by Crippen LogP contribution is 2.24. The molecule has 0 unspecified atom stereocenters. The second kappa shape index (κ2) is 7.23. The summed E-state index contributed by atoms with van der Waals surface area (Å²) in [6, 6.07) is 5.18. The second-order valence-corrected chi connectivity index (χ2v) is 4.98. The summed E-state index contributed by atoms with van der Waals surface area (Å²) in [5.41, 5.74) is 0.684. The van der Waals surface area contributed by atoms with Gasteiger partial charge in [0.05, 0.1) is 7.11 Å². The van der Waals surface area contributed by atoms with Gasteiger partial charge in [0, 0.05) is 29.3 Å². The summed E-state index contributed by atoms with van der Waals surface area (Å²) in [7, 11) is 5.50. The van der Waals surface area contributed by atoms with Crippen LogP contribution in [0.3, 0.4) is 0 Å². The number of urea groups is 1. The van der Waals surface area contributed by atoms with E-state index < -0.39 is 0 Å². The van der Waals surface area contributed by atoms with Crippen molar-refractivity contribution in [2.75, 3.05) is 39.6 Å². The molecule has 6 heteroatoms. The van der Waals surface area contributed by atoms with Crippen LogP contribution in [-0.4, -0.2) is 45.2 Å². The molecule has 1 aromatic rings. The van der Waals surface area contributed by atoms with Crippen LogP contribution in [-0.2, 0) is 0 Å². The summed E-state index contributed by atoms with van der Waals surface area (Å²) in [4.78, 5) is 13.6. The number of benzene rings is 1. The molecule has 2 amide bonds. The van der Waals surface area contributed by atoms with Crippen LogP contribution in [0.2, 0.25) is 0 Å². The summed E-state index contributed by atoms with van der Waals surface area (Å²) in [5, 5.41) is 5.52. The summed E-state index contributed by atoms with van der Waals surface area (Å²) >= 11 is 3.36. The minimum absolute atomic E-state index is 0.225. The maximum absolute atomic E-state index is 11.6. The zero-order chi connectivity index (χ0) is 13.5. The van der Waals surface area contributed by atoms with Crippen molar-refractivity contribution in [3.8, 4) is 5.75 Å². The van der Waals surface area contributed by atoms with Crippen LogP contribution in [0.25, 0.3) is 0 Å². The second-order valence-electron chi connectivity index (χ2n) is 4.06. The topological polar surface area (TPSA) is 53.6 Å². The van der Waals surface area contributed by atoms with Crippen LogP contribution < -0.4 is 15.4 Å². The molecule has 1 rings (SSSR count). The van der Waals surface area contributed by atoms with Gasteiger partial charge in [-0.05, 0) is 26.2 Å². The predicted octanol–water partition coefficient (Wildman–Crippen LogP) is 2.14. The quantitative estimate of drug-likeness (QED) is 0.875. The third kappa shape index (κ3) is 5.37. The number of carbonyl (C=O) groups is 1. The summed E-state index contributed by atoms with van der Waals surface area (Å²) < 4.78 is 5.97. The molecule has 2 N–H and O–H groups in total. The van der Waals surface area contributed by atoms with Crippen molar-refractivity contribution in [2.45, 2.75) is 0 Å². The van der Waals surface area contributed by atoms with Crippen LogP contribution in [0.4, 0.5) is 10.5 Å². The lowest BCUT2D eigenvalue weighted by atomic mass is 10.3. The lowest BCUT2D eigenvalue weighted by molar-refractivity contribution is 0.250. The molecule has 0 aliphatic rings. The molecule has 100 valence electrons. The van der Waals surface area contributed by atoms with Gasteiger partial charge in [-0.1, -0.05) is 15.9 Å². The minimum Gasteiger partial charge on any atom is -0.497 e. The average molecular weight is 316 g/mol. The molecule has 0 heterocycles. The number of hydrogen-bond acceptors (Lipinski definition) is 3. The standard InChI is InChI=1S/C12H18BrN3O2/c1-16(2)5-4-14-12(17)15-10-6-9(13)7-11(8-10)18-3/h6-8H,4-5H2,1-3H3,(H2,14,15,17). The first kappa shape index (κ1) is 14.8. The van der Waals surface area contributed by atoms with Crippen molar-refractivity contribution in [3.63, 3.8) is 0 Å². The van der Waals surface area contributed by atoms with E-state index in [1.54, 1.807) is 13.2 Å². The first-order valence-electron chi connectivity index (χ1n) is 5.55. The highest BCUT2D eigenvalue weighted by atomic mass is 79.9. The molecule has 0 aromatic heterocycles. The van der Waals surface area contributed by atoms with E-state index in [0.29, 0.717) is 18.0 Å². The van der Waals surface area contributed by atoms with Gasteiger partial charge in [-0.2, -0.15) is 0 Å². The number of methoxy groups -OCH3 is 1. The Hall–Kier alpha value is -1.27. The minimum atomic E-state index is -0.225. The zero-order valence-corrected chi connectivity index (χ0v) is 12.4. The molecular formula is C12H18BrN3O2.